The van der Waals surface area contributed by atoms with Gasteiger partial charge in [0.2, 0.25) is 0 Å². The fourth-order valence-corrected chi connectivity index (χ4v) is 1.02. The Bertz CT molecular complexity index is 129. The lowest BCUT2D eigenvalue weighted by Gasteiger charge is -2.24. The predicted octanol–water partition coefficient (Wildman–Crippen LogP) is -0.565. The molecule has 0 radical (unpaired) electrons. The number of nitrogens with two attached hydrogens (primary N) is 3. The van der Waals surface area contributed by atoms with Gasteiger partial charge in [-0.25, -0.2) is 0 Å². The fraction of sp³-hybridized carbons (Fsp3) is 1.00. The van der Waals surface area contributed by atoms with Crippen LogP contribution in [0.4, 0.5) is 0 Å². The normalized spacial score (nSPS) is 12.0. The molecule has 0 aromatic carbocycles. The largest absolute Gasteiger partial charge is 0.379 e. The smallest absolute Gasteiger partial charge is 0.0666 e. The average Bonchev–Trinajstić information content (AvgIpc) is 2.20. The van der Waals surface area contributed by atoms with Crippen LogP contribution in [0.25, 0.3) is 0 Å². The van der Waals surface area contributed by atoms with Crippen LogP contribution in [0, 0.1) is 0 Å². The van der Waals surface area contributed by atoms with E-state index in [2.05, 4.69) is 0 Å². The second kappa shape index (κ2) is 9.06. The molecule has 0 fully saturated rings. The van der Waals surface area contributed by atoms with Gasteiger partial charge in [0.15, 0.2) is 0 Å². The van der Waals surface area contributed by atoms with Crippen molar-refractivity contribution < 1.29 is 9.47 Å². The van der Waals surface area contributed by atoms with Crippen molar-refractivity contribution in [2.24, 2.45) is 17.2 Å². The Morgan fingerprint density at radius 2 is 1.33 bits per heavy atom. The van der Waals surface area contributed by atoms with Crippen molar-refractivity contribution in [1.29, 1.82) is 0 Å². The molecule has 5 nitrogen and oxygen atoms in total. The van der Waals surface area contributed by atoms with Crippen molar-refractivity contribution in [2.45, 2.75) is 25.3 Å². The number of hydrogen-bond donors (Lipinski definition) is 3. The van der Waals surface area contributed by atoms with Crippen LogP contribution in [-0.2, 0) is 9.47 Å². The van der Waals surface area contributed by atoms with E-state index in [-0.39, 0.29) is 0 Å². The van der Waals surface area contributed by atoms with Crippen LogP contribution in [-0.4, -0.2) is 45.1 Å². The molecule has 0 amide bonds. The lowest BCUT2D eigenvalue weighted by atomic mass is 10.1. The summed E-state index contributed by atoms with van der Waals surface area (Å²) in [6, 6.07) is 0. The second-order valence-electron chi connectivity index (χ2n) is 4.04. The van der Waals surface area contributed by atoms with E-state index >= 15 is 0 Å². The van der Waals surface area contributed by atoms with Crippen molar-refractivity contribution in [3.8, 4) is 0 Å². The quantitative estimate of drug-likeness (QED) is 0.428. The summed E-state index contributed by atoms with van der Waals surface area (Å²) in [6.45, 7) is 5.52. The standard InChI is InChI=1S/C10H25N3O2/c1-10(13,8-14-6-2-4-11)9-15-7-3-5-12/h2-9,11-13H2,1H3. The zero-order valence-corrected chi connectivity index (χ0v) is 9.71. The van der Waals surface area contributed by atoms with Crippen LogP contribution in [0.15, 0.2) is 0 Å². The van der Waals surface area contributed by atoms with E-state index in [4.69, 9.17) is 26.7 Å². The van der Waals surface area contributed by atoms with Gasteiger partial charge in [0.05, 0.1) is 18.8 Å². The Labute approximate surface area is 92.3 Å². The zero-order valence-electron chi connectivity index (χ0n) is 9.71. The van der Waals surface area contributed by atoms with Crippen molar-refractivity contribution in [3.05, 3.63) is 0 Å². The average molecular weight is 219 g/mol. The van der Waals surface area contributed by atoms with Gasteiger partial charge in [-0.05, 0) is 32.9 Å². The second-order valence-corrected chi connectivity index (χ2v) is 4.04. The molecule has 0 aliphatic heterocycles. The maximum atomic E-state index is 5.97. The molecular weight excluding hydrogens is 194 g/mol. The molecule has 0 unspecified atom stereocenters. The summed E-state index contributed by atoms with van der Waals surface area (Å²) in [4.78, 5) is 0. The third-order valence-electron chi connectivity index (χ3n) is 1.85. The Hall–Kier alpha value is -0.200. The molecule has 0 saturated heterocycles. The summed E-state index contributed by atoms with van der Waals surface area (Å²) < 4.78 is 10.8. The first-order chi connectivity index (χ1) is 7.12. The maximum absolute atomic E-state index is 5.97. The predicted molar refractivity (Wildman–Crippen MR) is 61.6 cm³/mol. The fourth-order valence-electron chi connectivity index (χ4n) is 1.02. The summed E-state index contributed by atoms with van der Waals surface area (Å²) in [5.74, 6) is 0. The summed E-state index contributed by atoms with van der Waals surface area (Å²) in [5.41, 5.74) is 16.2. The molecule has 0 bridgehead atoms. The molecule has 0 aromatic rings. The minimum absolute atomic E-state index is 0.427. The van der Waals surface area contributed by atoms with E-state index in [1.54, 1.807) is 0 Å². The van der Waals surface area contributed by atoms with Gasteiger partial charge in [-0.2, -0.15) is 0 Å². The van der Waals surface area contributed by atoms with Crippen LogP contribution >= 0.6 is 0 Å². The highest BCUT2D eigenvalue weighted by Crippen LogP contribution is 2.01. The summed E-state index contributed by atoms with van der Waals surface area (Å²) in [7, 11) is 0. The third kappa shape index (κ3) is 10.1. The van der Waals surface area contributed by atoms with Crippen molar-refractivity contribution >= 4 is 0 Å². The Morgan fingerprint density at radius 1 is 0.933 bits per heavy atom. The molecule has 5 heteroatoms. The Kier molecular flexibility index (Phi) is 8.94. The molecule has 0 heterocycles. The molecule has 0 aliphatic rings. The lowest BCUT2D eigenvalue weighted by Crippen LogP contribution is -2.46. The van der Waals surface area contributed by atoms with Gasteiger partial charge in [-0.1, -0.05) is 0 Å². The van der Waals surface area contributed by atoms with Crippen molar-refractivity contribution in [1.82, 2.24) is 0 Å². The van der Waals surface area contributed by atoms with E-state index in [0.717, 1.165) is 12.8 Å². The van der Waals surface area contributed by atoms with Gasteiger partial charge in [0.25, 0.3) is 0 Å². The monoisotopic (exact) mass is 219 g/mol. The molecular formula is C10H25N3O2. The molecule has 6 N–H and O–H groups in total. The van der Waals surface area contributed by atoms with Crippen LogP contribution in [0.2, 0.25) is 0 Å². The number of hydrogen-bond acceptors (Lipinski definition) is 5. The molecule has 15 heavy (non-hydrogen) atoms. The first-order valence-electron chi connectivity index (χ1n) is 5.47. The Morgan fingerprint density at radius 3 is 1.67 bits per heavy atom. The molecule has 0 rings (SSSR count). The van der Waals surface area contributed by atoms with E-state index in [1.165, 1.54) is 0 Å². The van der Waals surface area contributed by atoms with Crippen LogP contribution in [0.1, 0.15) is 19.8 Å². The van der Waals surface area contributed by atoms with Crippen molar-refractivity contribution in [2.75, 3.05) is 39.5 Å². The van der Waals surface area contributed by atoms with E-state index in [9.17, 15) is 0 Å². The molecule has 0 atom stereocenters. The summed E-state index contributed by atoms with van der Waals surface area (Å²) in [6.07, 6.45) is 1.73. The van der Waals surface area contributed by atoms with Crippen LogP contribution < -0.4 is 17.2 Å². The Balaban J connectivity index is 3.40. The first kappa shape index (κ1) is 14.8. The highest BCUT2D eigenvalue weighted by Gasteiger charge is 2.18. The third-order valence-corrected chi connectivity index (χ3v) is 1.85. The minimum Gasteiger partial charge on any atom is -0.379 e. The van der Waals surface area contributed by atoms with Gasteiger partial charge >= 0.3 is 0 Å². The van der Waals surface area contributed by atoms with E-state index < -0.39 is 5.54 Å². The molecule has 0 aliphatic carbocycles. The summed E-state index contributed by atoms with van der Waals surface area (Å²) in [5, 5.41) is 0. The van der Waals surface area contributed by atoms with Gasteiger partial charge in [0, 0.05) is 13.2 Å². The molecule has 0 spiro atoms. The molecule has 0 saturated carbocycles. The zero-order chi connectivity index (χ0) is 11.6. The topological polar surface area (TPSA) is 96.5 Å². The van der Waals surface area contributed by atoms with Crippen molar-refractivity contribution in [3.63, 3.8) is 0 Å². The van der Waals surface area contributed by atoms with E-state index in [1.807, 2.05) is 6.92 Å². The maximum Gasteiger partial charge on any atom is 0.0666 e. The van der Waals surface area contributed by atoms with E-state index in [0.29, 0.717) is 39.5 Å². The SMILES string of the molecule is CC(N)(COCCCN)COCCCN. The van der Waals surface area contributed by atoms with Gasteiger partial charge < -0.3 is 26.7 Å². The van der Waals surface area contributed by atoms with Gasteiger partial charge in [-0.3, -0.25) is 0 Å². The molecule has 92 valence electrons. The minimum atomic E-state index is -0.427. The van der Waals surface area contributed by atoms with Crippen LogP contribution in [0.3, 0.4) is 0 Å². The molecule has 0 aromatic heterocycles. The van der Waals surface area contributed by atoms with Crippen LogP contribution in [0.5, 0.6) is 0 Å². The first-order valence-corrected chi connectivity index (χ1v) is 5.47. The van der Waals surface area contributed by atoms with Gasteiger partial charge in [0.1, 0.15) is 0 Å². The summed E-state index contributed by atoms with van der Waals surface area (Å²) >= 11 is 0. The highest BCUT2D eigenvalue weighted by molar-refractivity contribution is 4.77. The highest BCUT2D eigenvalue weighted by atomic mass is 16.5. The lowest BCUT2D eigenvalue weighted by molar-refractivity contribution is 0.0295. The number of ether oxygens (including phenoxy) is 2. The number of rotatable bonds is 10. The van der Waals surface area contributed by atoms with Gasteiger partial charge in [-0.15, -0.1) is 0 Å².